The third-order valence-electron chi connectivity index (χ3n) is 3.54. The highest BCUT2D eigenvalue weighted by molar-refractivity contribution is 5.79. The molecule has 3 rings (SSSR count). The first-order valence-corrected chi connectivity index (χ1v) is 7.29. The van der Waals surface area contributed by atoms with Crippen LogP contribution in [-0.2, 0) is 4.74 Å². The van der Waals surface area contributed by atoms with Crippen molar-refractivity contribution >= 4 is 11.0 Å². The molecule has 1 aromatic carbocycles. The van der Waals surface area contributed by atoms with Gasteiger partial charge >= 0.3 is 0 Å². The van der Waals surface area contributed by atoms with Crippen molar-refractivity contribution in [3.8, 4) is 11.5 Å². The van der Waals surface area contributed by atoms with Crippen LogP contribution in [0.15, 0.2) is 22.7 Å². The minimum absolute atomic E-state index is 0.187. The van der Waals surface area contributed by atoms with Gasteiger partial charge in [-0.2, -0.15) is 4.98 Å². The standard InChI is InChI=1S/C16H18N4O2/c1-5-21-11(4)15-19-16(22-20-15)12-6-7-13-14(8-12)18-10(3)9(2)17-13/h6-8,11H,5H2,1-4H3/t11-/m1/s1. The normalized spacial score (nSPS) is 12.7. The molecular weight excluding hydrogens is 280 g/mol. The molecular formula is C16H18N4O2. The average molecular weight is 298 g/mol. The highest BCUT2D eigenvalue weighted by Crippen LogP contribution is 2.24. The molecule has 3 aromatic rings. The van der Waals surface area contributed by atoms with Crippen molar-refractivity contribution in [2.24, 2.45) is 0 Å². The van der Waals surface area contributed by atoms with Gasteiger partial charge < -0.3 is 9.26 Å². The number of hydrogen-bond donors (Lipinski definition) is 0. The van der Waals surface area contributed by atoms with E-state index in [4.69, 9.17) is 9.26 Å². The zero-order valence-electron chi connectivity index (χ0n) is 13.1. The zero-order valence-corrected chi connectivity index (χ0v) is 13.1. The zero-order chi connectivity index (χ0) is 15.7. The molecule has 0 spiro atoms. The van der Waals surface area contributed by atoms with Gasteiger partial charge in [0.05, 0.1) is 22.4 Å². The molecule has 0 N–H and O–H groups in total. The van der Waals surface area contributed by atoms with E-state index >= 15 is 0 Å². The number of ether oxygens (including phenoxy) is 1. The van der Waals surface area contributed by atoms with Gasteiger partial charge in [0.1, 0.15) is 6.10 Å². The first-order chi connectivity index (χ1) is 10.6. The van der Waals surface area contributed by atoms with Crippen molar-refractivity contribution in [2.45, 2.75) is 33.8 Å². The minimum atomic E-state index is -0.187. The van der Waals surface area contributed by atoms with E-state index in [-0.39, 0.29) is 6.10 Å². The summed E-state index contributed by atoms with van der Waals surface area (Å²) in [7, 11) is 0. The second-order valence-corrected chi connectivity index (χ2v) is 5.15. The third-order valence-corrected chi connectivity index (χ3v) is 3.54. The van der Waals surface area contributed by atoms with Gasteiger partial charge in [0.15, 0.2) is 0 Å². The number of benzene rings is 1. The van der Waals surface area contributed by atoms with E-state index in [0.717, 1.165) is 28.0 Å². The lowest BCUT2D eigenvalue weighted by Crippen LogP contribution is -2.01. The minimum Gasteiger partial charge on any atom is -0.371 e. The van der Waals surface area contributed by atoms with Gasteiger partial charge in [-0.15, -0.1) is 0 Å². The molecule has 0 amide bonds. The number of aromatic nitrogens is 4. The molecule has 0 unspecified atom stereocenters. The Morgan fingerprint density at radius 2 is 1.82 bits per heavy atom. The fourth-order valence-corrected chi connectivity index (χ4v) is 2.21. The van der Waals surface area contributed by atoms with Crippen LogP contribution in [0.1, 0.15) is 37.2 Å². The number of nitrogens with zero attached hydrogens (tertiary/aromatic N) is 4. The molecule has 0 aliphatic carbocycles. The smallest absolute Gasteiger partial charge is 0.258 e. The monoisotopic (exact) mass is 298 g/mol. The molecule has 6 nitrogen and oxygen atoms in total. The molecule has 0 fully saturated rings. The second kappa shape index (κ2) is 5.81. The molecule has 2 heterocycles. The van der Waals surface area contributed by atoms with Crippen LogP contribution >= 0.6 is 0 Å². The van der Waals surface area contributed by atoms with E-state index in [1.165, 1.54) is 0 Å². The summed E-state index contributed by atoms with van der Waals surface area (Å²) in [6, 6.07) is 5.74. The topological polar surface area (TPSA) is 73.9 Å². The molecule has 22 heavy (non-hydrogen) atoms. The van der Waals surface area contributed by atoms with Crippen LogP contribution in [0.2, 0.25) is 0 Å². The molecule has 0 saturated carbocycles. The summed E-state index contributed by atoms with van der Waals surface area (Å²) in [6.45, 7) is 8.34. The molecule has 6 heteroatoms. The van der Waals surface area contributed by atoms with E-state index in [1.54, 1.807) is 0 Å². The molecule has 0 bridgehead atoms. The van der Waals surface area contributed by atoms with Crippen LogP contribution < -0.4 is 0 Å². The largest absolute Gasteiger partial charge is 0.371 e. The number of rotatable bonds is 4. The lowest BCUT2D eigenvalue weighted by atomic mass is 10.2. The maximum atomic E-state index is 5.47. The fraction of sp³-hybridized carbons (Fsp3) is 0.375. The Morgan fingerprint density at radius 1 is 1.09 bits per heavy atom. The molecule has 114 valence electrons. The van der Waals surface area contributed by atoms with E-state index in [2.05, 4.69) is 20.1 Å². The van der Waals surface area contributed by atoms with E-state index in [9.17, 15) is 0 Å². The molecule has 0 aliphatic rings. The highest BCUT2D eigenvalue weighted by Gasteiger charge is 2.15. The molecule has 0 aliphatic heterocycles. The predicted molar refractivity (Wildman–Crippen MR) is 82.3 cm³/mol. The predicted octanol–water partition coefficient (Wildman–Crippen LogP) is 3.39. The first-order valence-electron chi connectivity index (χ1n) is 7.29. The maximum Gasteiger partial charge on any atom is 0.258 e. The second-order valence-electron chi connectivity index (χ2n) is 5.15. The van der Waals surface area contributed by atoms with Gasteiger partial charge in [-0.05, 0) is 45.9 Å². The SMILES string of the molecule is CCO[C@H](C)c1noc(-c2ccc3nc(C)c(C)nc3c2)n1. The molecule has 2 aromatic heterocycles. The Labute approximate surface area is 128 Å². The number of fused-ring (bicyclic) bond motifs is 1. The van der Waals surface area contributed by atoms with Gasteiger partial charge in [-0.1, -0.05) is 5.16 Å². The summed E-state index contributed by atoms with van der Waals surface area (Å²) < 4.78 is 10.8. The lowest BCUT2D eigenvalue weighted by Gasteiger charge is -2.05. The van der Waals surface area contributed by atoms with Crippen molar-refractivity contribution in [1.29, 1.82) is 0 Å². The Hall–Kier alpha value is -2.34. The van der Waals surface area contributed by atoms with Crippen LogP contribution in [0.4, 0.5) is 0 Å². The molecule has 0 saturated heterocycles. The van der Waals surface area contributed by atoms with Crippen molar-refractivity contribution in [3.05, 3.63) is 35.4 Å². The molecule has 1 atom stereocenters. The summed E-state index contributed by atoms with van der Waals surface area (Å²) >= 11 is 0. The van der Waals surface area contributed by atoms with Crippen molar-refractivity contribution in [3.63, 3.8) is 0 Å². The van der Waals surface area contributed by atoms with Crippen LogP contribution in [0.5, 0.6) is 0 Å². The van der Waals surface area contributed by atoms with Gasteiger partial charge in [0, 0.05) is 12.2 Å². The van der Waals surface area contributed by atoms with Gasteiger partial charge in [-0.25, -0.2) is 9.97 Å². The Kier molecular flexibility index (Phi) is 3.85. The number of hydrogen-bond acceptors (Lipinski definition) is 6. The third kappa shape index (κ3) is 2.69. The van der Waals surface area contributed by atoms with Crippen molar-refractivity contribution in [2.75, 3.05) is 6.61 Å². The van der Waals surface area contributed by atoms with Crippen LogP contribution in [0.25, 0.3) is 22.5 Å². The summed E-state index contributed by atoms with van der Waals surface area (Å²) in [6.07, 6.45) is -0.187. The van der Waals surface area contributed by atoms with E-state index in [0.29, 0.717) is 18.3 Å². The maximum absolute atomic E-state index is 5.47. The summed E-state index contributed by atoms with van der Waals surface area (Å²) in [5.74, 6) is 1.01. The Balaban J connectivity index is 1.98. The van der Waals surface area contributed by atoms with Gasteiger partial charge in [-0.3, -0.25) is 0 Å². The lowest BCUT2D eigenvalue weighted by molar-refractivity contribution is 0.0683. The van der Waals surface area contributed by atoms with Crippen molar-refractivity contribution in [1.82, 2.24) is 20.1 Å². The van der Waals surface area contributed by atoms with Crippen LogP contribution in [0, 0.1) is 13.8 Å². The van der Waals surface area contributed by atoms with Gasteiger partial charge in [0.25, 0.3) is 5.89 Å². The van der Waals surface area contributed by atoms with Crippen LogP contribution in [0.3, 0.4) is 0 Å². The van der Waals surface area contributed by atoms with E-state index in [1.807, 2.05) is 45.9 Å². The van der Waals surface area contributed by atoms with E-state index < -0.39 is 0 Å². The Bertz CT molecular complexity index is 813. The van der Waals surface area contributed by atoms with Gasteiger partial charge in [0.2, 0.25) is 5.82 Å². The fourth-order valence-electron chi connectivity index (χ4n) is 2.21. The summed E-state index contributed by atoms with van der Waals surface area (Å²) in [4.78, 5) is 13.5. The summed E-state index contributed by atoms with van der Waals surface area (Å²) in [5, 5.41) is 3.98. The quantitative estimate of drug-likeness (QED) is 0.735. The van der Waals surface area contributed by atoms with Crippen molar-refractivity contribution < 1.29 is 9.26 Å². The summed E-state index contributed by atoms with van der Waals surface area (Å²) in [5.41, 5.74) is 4.35. The Morgan fingerprint density at radius 3 is 2.55 bits per heavy atom. The average Bonchev–Trinajstić information content (AvgIpc) is 2.98. The van der Waals surface area contributed by atoms with Crippen LogP contribution in [-0.4, -0.2) is 26.7 Å². The number of aryl methyl sites for hydroxylation is 2. The molecule has 0 radical (unpaired) electrons. The first kappa shape index (κ1) is 14.6. The highest BCUT2D eigenvalue weighted by atomic mass is 16.5.